The van der Waals surface area contributed by atoms with E-state index in [1.807, 2.05) is 6.07 Å². The average Bonchev–Trinajstić information content (AvgIpc) is 2.53. The van der Waals surface area contributed by atoms with Gasteiger partial charge in [0.15, 0.2) is 0 Å². The summed E-state index contributed by atoms with van der Waals surface area (Å²) in [5.74, 6) is -0.783. The van der Waals surface area contributed by atoms with Gasteiger partial charge in [0.2, 0.25) is 5.91 Å². The second kappa shape index (κ2) is 3.63. The summed E-state index contributed by atoms with van der Waals surface area (Å²) in [6.07, 6.45) is 1.17. The van der Waals surface area contributed by atoms with Gasteiger partial charge in [-0.05, 0) is 6.07 Å². The molecule has 0 bridgehead atoms. The number of carbonyl (C=O) groups excluding carboxylic acids is 2. The number of rotatable bonds is 0. The molecule has 0 aromatic heterocycles. The molecule has 1 aliphatic heterocycles. The molecule has 2 amide bonds. The van der Waals surface area contributed by atoms with E-state index in [0.29, 0.717) is 11.3 Å². The van der Waals surface area contributed by atoms with Crippen molar-refractivity contribution in [2.75, 3.05) is 4.90 Å². The molecular formula is C12H8N2O2. The molecule has 78 valence electrons. The van der Waals surface area contributed by atoms with Crippen LogP contribution in [-0.2, 0) is 9.59 Å². The highest BCUT2D eigenvalue weighted by atomic mass is 16.2. The Kier molecular flexibility index (Phi) is 2.29. The average molecular weight is 212 g/mol. The van der Waals surface area contributed by atoms with Crippen LogP contribution in [0.25, 0.3) is 5.57 Å². The molecule has 0 aliphatic carbocycles. The van der Waals surface area contributed by atoms with Crippen LogP contribution in [0, 0.1) is 11.3 Å². The lowest BCUT2D eigenvalue weighted by molar-refractivity contribution is -0.122. The van der Waals surface area contributed by atoms with Gasteiger partial charge in [0, 0.05) is 18.6 Å². The Morgan fingerprint density at radius 1 is 1.44 bits per heavy atom. The van der Waals surface area contributed by atoms with Crippen molar-refractivity contribution in [1.82, 2.24) is 0 Å². The molecule has 0 saturated heterocycles. The van der Waals surface area contributed by atoms with Crippen molar-refractivity contribution in [3.63, 3.8) is 0 Å². The minimum Gasteiger partial charge on any atom is -0.274 e. The number of nitrogens with zero attached hydrogens (tertiary/aromatic N) is 2. The largest absolute Gasteiger partial charge is 0.274 e. The van der Waals surface area contributed by atoms with E-state index in [1.165, 1.54) is 13.0 Å². The van der Waals surface area contributed by atoms with E-state index < -0.39 is 5.91 Å². The van der Waals surface area contributed by atoms with E-state index in [9.17, 15) is 9.59 Å². The Labute approximate surface area is 92.4 Å². The summed E-state index contributed by atoms with van der Waals surface area (Å²) < 4.78 is 0. The number of amides is 2. The number of hydrogen-bond donors (Lipinski definition) is 0. The number of nitriles is 1. The normalized spacial score (nSPS) is 16.1. The van der Waals surface area contributed by atoms with Crippen molar-refractivity contribution in [1.29, 1.82) is 5.26 Å². The number of anilines is 1. The van der Waals surface area contributed by atoms with Crippen molar-refractivity contribution >= 4 is 23.1 Å². The van der Waals surface area contributed by atoms with Gasteiger partial charge in [0.25, 0.3) is 5.91 Å². The Bertz CT molecular complexity index is 552. The summed E-state index contributed by atoms with van der Waals surface area (Å²) in [4.78, 5) is 24.3. The van der Waals surface area contributed by atoms with E-state index >= 15 is 0 Å². The van der Waals surface area contributed by atoms with Gasteiger partial charge < -0.3 is 0 Å². The molecule has 1 aromatic rings. The first kappa shape index (κ1) is 10.1. The zero-order valence-electron chi connectivity index (χ0n) is 8.60. The summed E-state index contributed by atoms with van der Waals surface area (Å²) in [7, 11) is 0. The van der Waals surface area contributed by atoms with Gasteiger partial charge in [0.05, 0.1) is 17.3 Å². The molecule has 0 radical (unpaired) electrons. The van der Waals surface area contributed by atoms with Gasteiger partial charge in [-0.25, -0.2) is 4.90 Å². The number of benzene rings is 1. The molecule has 1 heterocycles. The lowest BCUT2D eigenvalue weighted by Crippen LogP contribution is -2.31. The Morgan fingerprint density at radius 3 is 2.75 bits per heavy atom. The highest BCUT2D eigenvalue weighted by Gasteiger charge is 2.34. The maximum absolute atomic E-state index is 11.9. The first-order chi connectivity index (χ1) is 7.66. The van der Waals surface area contributed by atoms with Crippen LogP contribution in [0.15, 0.2) is 30.3 Å². The van der Waals surface area contributed by atoms with E-state index in [-0.39, 0.29) is 11.5 Å². The molecule has 4 nitrogen and oxygen atoms in total. The fourth-order valence-electron chi connectivity index (χ4n) is 1.76. The molecule has 0 atom stereocenters. The second-order valence-electron chi connectivity index (χ2n) is 3.36. The van der Waals surface area contributed by atoms with Crippen molar-refractivity contribution in [3.8, 4) is 6.07 Å². The van der Waals surface area contributed by atoms with Crippen LogP contribution in [0.2, 0.25) is 0 Å². The molecule has 1 aromatic carbocycles. The Morgan fingerprint density at radius 2 is 2.12 bits per heavy atom. The molecule has 1 aliphatic rings. The molecular weight excluding hydrogens is 204 g/mol. The number of imide groups is 1. The number of para-hydroxylation sites is 1. The van der Waals surface area contributed by atoms with E-state index in [4.69, 9.17) is 5.26 Å². The number of carbonyl (C=O) groups is 2. The fourth-order valence-corrected chi connectivity index (χ4v) is 1.76. The van der Waals surface area contributed by atoms with E-state index in [0.717, 1.165) is 4.90 Å². The van der Waals surface area contributed by atoms with Gasteiger partial charge in [-0.1, -0.05) is 18.2 Å². The van der Waals surface area contributed by atoms with E-state index in [1.54, 1.807) is 24.3 Å². The number of allylic oxidation sites excluding steroid dienone is 1. The summed E-state index contributed by atoms with van der Waals surface area (Å²) in [5, 5.41) is 8.61. The summed E-state index contributed by atoms with van der Waals surface area (Å²) in [5.41, 5.74) is 1.44. The molecule has 0 spiro atoms. The van der Waals surface area contributed by atoms with Crippen molar-refractivity contribution in [3.05, 3.63) is 35.9 Å². The first-order valence-electron chi connectivity index (χ1n) is 4.71. The summed E-state index contributed by atoms with van der Waals surface area (Å²) in [6, 6.07) is 8.74. The van der Waals surface area contributed by atoms with Crippen LogP contribution in [0.5, 0.6) is 0 Å². The van der Waals surface area contributed by atoms with Crippen molar-refractivity contribution in [2.24, 2.45) is 0 Å². The Hall–Kier alpha value is -2.41. The van der Waals surface area contributed by atoms with Gasteiger partial charge >= 0.3 is 0 Å². The quantitative estimate of drug-likeness (QED) is 0.483. The Balaban J connectivity index is 2.68. The van der Waals surface area contributed by atoms with Gasteiger partial charge in [-0.3, -0.25) is 9.59 Å². The zero-order valence-corrected chi connectivity index (χ0v) is 8.60. The van der Waals surface area contributed by atoms with Crippen LogP contribution in [0.4, 0.5) is 5.69 Å². The third kappa shape index (κ3) is 1.30. The topological polar surface area (TPSA) is 61.2 Å². The lowest BCUT2D eigenvalue weighted by Gasteiger charge is -2.11. The molecule has 0 unspecified atom stereocenters. The summed E-state index contributed by atoms with van der Waals surface area (Å²) in [6.45, 7) is 1.32. The van der Waals surface area contributed by atoms with Gasteiger partial charge in [-0.2, -0.15) is 5.26 Å². The highest BCUT2D eigenvalue weighted by Crippen LogP contribution is 2.36. The molecule has 0 N–H and O–H groups in total. The SMILES string of the molecule is CC(=O)N1C(=O)/C(=C/C#N)c2ccccc21. The second-order valence-corrected chi connectivity index (χ2v) is 3.36. The predicted molar refractivity (Wildman–Crippen MR) is 58.2 cm³/mol. The van der Waals surface area contributed by atoms with E-state index in [2.05, 4.69) is 0 Å². The molecule has 0 fully saturated rings. The minimum absolute atomic E-state index is 0.272. The minimum atomic E-state index is -0.435. The molecule has 2 rings (SSSR count). The smallest absolute Gasteiger partial charge is 0.266 e. The monoisotopic (exact) mass is 212 g/mol. The number of fused-ring (bicyclic) bond motifs is 1. The standard InChI is InChI=1S/C12H8N2O2/c1-8(15)14-11-5-3-2-4-9(11)10(6-7-13)12(14)16/h2-6H,1H3/b10-6+. The third-order valence-electron chi connectivity index (χ3n) is 2.39. The zero-order chi connectivity index (χ0) is 11.7. The van der Waals surface area contributed by atoms with Crippen molar-refractivity contribution in [2.45, 2.75) is 6.92 Å². The van der Waals surface area contributed by atoms with Gasteiger partial charge in [-0.15, -0.1) is 0 Å². The van der Waals surface area contributed by atoms with Crippen LogP contribution in [0.3, 0.4) is 0 Å². The van der Waals surface area contributed by atoms with Crippen LogP contribution < -0.4 is 4.90 Å². The highest BCUT2D eigenvalue weighted by molar-refractivity contribution is 6.39. The van der Waals surface area contributed by atoms with Crippen LogP contribution in [-0.4, -0.2) is 11.8 Å². The predicted octanol–water partition coefficient (Wildman–Crippen LogP) is 1.49. The summed E-state index contributed by atoms with van der Waals surface area (Å²) >= 11 is 0. The van der Waals surface area contributed by atoms with Crippen LogP contribution >= 0.6 is 0 Å². The van der Waals surface area contributed by atoms with Gasteiger partial charge in [0.1, 0.15) is 0 Å². The molecule has 0 saturated carbocycles. The maximum atomic E-state index is 11.9. The lowest BCUT2D eigenvalue weighted by atomic mass is 10.1. The third-order valence-corrected chi connectivity index (χ3v) is 2.39. The molecule has 4 heteroatoms. The first-order valence-corrected chi connectivity index (χ1v) is 4.71. The molecule has 16 heavy (non-hydrogen) atoms. The maximum Gasteiger partial charge on any atom is 0.266 e. The number of hydrogen-bond acceptors (Lipinski definition) is 3. The van der Waals surface area contributed by atoms with Crippen LogP contribution in [0.1, 0.15) is 12.5 Å². The fraction of sp³-hybridized carbons (Fsp3) is 0.0833. The van der Waals surface area contributed by atoms with Crippen molar-refractivity contribution < 1.29 is 9.59 Å².